The van der Waals surface area contributed by atoms with Gasteiger partial charge in [-0.25, -0.2) is 0 Å². The summed E-state index contributed by atoms with van der Waals surface area (Å²) < 4.78 is 32.5. The molecule has 2 unspecified atom stereocenters. The van der Waals surface area contributed by atoms with E-state index >= 15 is 0 Å². The number of aryl methyl sites for hydroxylation is 1. The van der Waals surface area contributed by atoms with Gasteiger partial charge in [0.2, 0.25) is 0 Å². The Kier molecular flexibility index (Phi) is 4.07. The minimum atomic E-state index is -3.35. The second kappa shape index (κ2) is 5.40. The highest BCUT2D eigenvalue weighted by atomic mass is 32.2. The minimum Gasteiger partial charge on any atom is -0.361 e. The van der Waals surface area contributed by atoms with Gasteiger partial charge in [0.25, 0.3) is 10.1 Å². The van der Waals surface area contributed by atoms with Gasteiger partial charge >= 0.3 is 0 Å². The van der Waals surface area contributed by atoms with Crippen LogP contribution >= 0.6 is 0 Å². The van der Waals surface area contributed by atoms with Gasteiger partial charge in [-0.05, 0) is 32.1 Å². The Morgan fingerprint density at radius 2 is 2.28 bits per heavy atom. The predicted molar refractivity (Wildman–Crippen MR) is 66.6 cm³/mol. The summed E-state index contributed by atoms with van der Waals surface area (Å²) >= 11 is 0. The maximum Gasteiger partial charge on any atom is 0.264 e. The maximum absolute atomic E-state index is 11.1. The van der Waals surface area contributed by atoms with Crippen LogP contribution in [0.15, 0.2) is 10.6 Å². The summed E-state index contributed by atoms with van der Waals surface area (Å²) in [5.41, 5.74) is 0.879. The van der Waals surface area contributed by atoms with Crippen LogP contribution in [0.3, 0.4) is 0 Å². The quantitative estimate of drug-likeness (QED) is 0.785. The average Bonchev–Trinajstić information content (AvgIpc) is 2.62. The first-order chi connectivity index (χ1) is 8.42. The molecule has 1 saturated carbocycles. The Morgan fingerprint density at radius 3 is 2.89 bits per heavy atom. The molecule has 2 atom stereocenters. The summed E-state index contributed by atoms with van der Waals surface area (Å²) in [6.07, 6.45) is 5.41. The lowest BCUT2D eigenvalue weighted by Gasteiger charge is -2.27. The molecule has 2 rings (SSSR count). The summed E-state index contributed by atoms with van der Waals surface area (Å²) in [7, 11) is -3.35. The first-order valence-corrected chi connectivity index (χ1v) is 8.04. The van der Waals surface area contributed by atoms with E-state index in [9.17, 15) is 8.42 Å². The molecular formula is C12H19NO4S. The standard InChI is InChI=1S/C12H19NO4S/c1-9-6-12(16-13-9)8-10-4-3-5-11(7-10)17-18(2,14)15/h6,10-11H,3-5,7-8H2,1-2H3. The highest BCUT2D eigenvalue weighted by molar-refractivity contribution is 7.86. The van der Waals surface area contributed by atoms with E-state index in [2.05, 4.69) is 5.16 Å². The summed E-state index contributed by atoms with van der Waals surface area (Å²) in [5, 5.41) is 3.86. The second-order valence-electron chi connectivity index (χ2n) is 5.09. The Labute approximate surface area is 108 Å². The third-order valence-corrected chi connectivity index (χ3v) is 3.83. The first-order valence-electron chi connectivity index (χ1n) is 6.23. The largest absolute Gasteiger partial charge is 0.361 e. The highest BCUT2D eigenvalue weighted by Gasteiger charge is 2.26. The maximum atomic E-state index is 11.1. The normalized spacial score (nSPS) is 25.2. The lowest BCUT2D eigenvalue weighted by atomic mass is 9.84. The van der Waals surface area contributed by atoms with E-state index in [1.54, 1.807) is 0 Å². The number of rotatable bonds is 4. The lowest BCUT2D eigenvalue weighted by Crippen LogP contribution is -2.26. The Bertz CT molecular complexity index is 494. The van der Waals surface area contributed by atoms with Crippen molar-refractivity contribution in [2.24, 2.45) is 5.92 Å². The van der Waals surface area contributed by atoms with E-state index in [-0.39, 0.29) is 6.10 Å². The molecule has 0 amide bonds. The molecule has 102 valence electrons. The van der Waals surface area contributed by atoms with Gasteiger partial charge in [-0.15, -0.1) is 0 Å². The van der Waals surface area contributed by atoms with Gasteiger partial charge < -0.3 is 4.52 Å². The van der Waals surface area contributed by atoms with Crippen LogP contribution in [0, 0.1) is 12.8 Å². The van der Waals surface area contributed by atoms with E-state index in [0.29, 0.717) is 5.92 Å². The van der Waals surface area contributed by atoms with Crippen LogP contribution in [0.5, 0.6) is 0 Å². The molecular weight excluding hydrogens is 254 g/mol. The summed E-state index contributed by atoms with van der Waals surface area (Å²) in [5.74, 6) is 1.29. The van der Waals surface area contributed by atoms with Crippen LogP contribution in [-0.2, 0) is 20.7 Å². The molecule has 1 aromatic rings. The first kappa shape index (κ1) is 13.5. The molecule has 6 heteroatoms. The molecule has 1 fully saturated rings. The molecule has 1 aliphatic carbocycles. The van der Waals surface area contributed by atoms with Gasteiger partial charge in [-0.2, -0.15) is 8.42 Å². The van der Waals surface area contributed by atoms with Gasteiger partial charge in [0.05, 0.1) is 18.1 Å². The molecule has 0 aliphatic heterocycles. The van der Waals surface area contributed by atoms with Crippen LogP contribution in [0.25, 0.3) is 0 Å². The zero-order valence-electron chi connectivity index (χ0n) is 10.8. The Balaban J connectivity index is 1.90. The fourth-order valence-corrected chi connectivity index (χ4v) is 3.23. The molecule has 18 heavy (non-hydrogen) atoms. The number of aromatic nitrogens is 1. The molecule has 0 radical (unpaired) electrons. The molecule has 0 spiro atoms. The van der Waals surface area contributed by atoms with Crippen LogP contribution in [0.4, 0.5) is 0 Å². The van der Waals surface area contributed by atoms with Crippen molar-refractivity contribution in [3.63, 3.8) is 0 Å². The van der Waals surface area contributed by atoms with E-state index in [1.807, 2.05) is 13.0 Å². The summed E-state index contributed by atoms with van der Waals surface area (Å²) in [6.45, 7) is 1.89. The monoisotopic (exact) mass is 273 g/mol. The van der Waals surface area contributed by atoms with Crippen molar-refractivity contribution >= 4 is 10.1 Å². The van der Waals surface area contributed by atoms with Gasteiger partial charge in [0.1, 0.15) is 5.76 Å². The van der Waals surface area contributed by atoms with Crippen LogP contribution < -0.4 is 0 Å². The van der Waals surface area contributed by atoms with Crippen molar-refractivity contribution in [1.82, 2.24) is 5.16 Å². The highest BCUT2D eigenvalue weighted by Crippen LogP contribution is 2.29. The van der Waals surface area contributed by atoms with Crippen molar-refractivity contribution in [1.29, 1.82) is 0 Å². The molecule has 5 nitrogen and oxygen atoms in total. The Hall–Kier alpha value is -0.880. The molecule has 0 N–H and O–H groups in total. The molecule has 0 aromatic carbocycles. The number of hydrogen-bond acceptors (Lipinski definition) is 5. The van der Waals surface area contributed by atoms with E-state index in [0.717, 1.165) is 49.8 Å². The van der Waals surface area contributed by atoms with E-state index in [4.69, 9.17) is 8.71 Å². The molecule has 0 saturated heterocycles. The van der Waals surface area contributed by atoms with E-state index in [1.165, 1.54) is 0 Å². The molecule has 1 aliphatic rings. The lowest BCUT2D eigenvalue weighted by molar-refractivity contribution is 0.128. The fraction of sp³-hybridized carbons (Fsp3) is 0.750. The van der Waals surface area contributed by atoms with Gasteiger partial charge in [-0.3, -0.25) is 4.18 Å². The third-order valence-electron chi connectivity index (χ3n) is 3.21. The van der Waals surface area contributed by atoms with Crippen molar-refractivity contribution < 1.29 is 17.1 Å². The summed E-state index contributed by atoms with van der Waals surface area (Å²) in [4.78, 5) is 0. The van der Waals surface area contributed by atoms with Gasteiger partial charge in [0, 0.05) is 12.5 Å². The minimum absolute atomic E-state index is 0.178. The molecule has 0 bridgehead atoms. The second-order valence-corrected chi connectivity index (χ2v) is 6.69. The number of nitrogens with zero attached hydrogens (tertiary/aromatic N) is 1. The topological polar surface area (TPSA) is 69.4 Å². The van der Waals surface area contributed by atoms with Gasteiger partial charge in [0.15, 0.2) is 0 Å². The molecule has 1 aromatic heterocycles. The fourth-order valence-electron chi connectivity index (χ4n) is 2.56. The zero-order chi connectivity index (χ0) is 13.2. The van der Waals surface area contributed by atoms with Crippen molar-refractivity contribution in [2.45, 2.75) is 45.1 Å². The smallest absolute Gasteiger partial charge is 0.264 e. The van der Waals surface area contributed by atoms with Crippen LogP contribution in [0.1, 0.15) is 37.1 Å². The Morgan fingerprint density at radius 1 is 1.50 bits per heavy atom. The zero-order valence-corrected chi connectivity index (χ0v) is 11.6. The summed E-state index contributed by atoms with van der Waals surface area (Å²) in [6, 6.07) is 1.93. The number of hydrogen-bond donors (Lipinski definition) is 0. The predicted octanol–water partition coefficient (Wildman–Crippen LogP) is 2.06. The molecule has 1 heterocycles. The van der Waals surface area contributed by atoms with Crippen molar-refractivity contribution in [3.05, 3.63) is 17.5 Å². The van der Waals surface area contributed by atoms with Crippen LogP contribution in [-0.4, -0.2) is 25.9 Å². The third kappa shape index (κ3) is 4.10. The average molecular weight is 273 g/mol. The van der Waals surface area contributed by atoms with Crippen molar-refractivity contribution in [3.8, 4) is 0 Å². The van der Waals surface area contributed by atoms with E-state index < -0.39 is 10.1 Å². The van der Waals surface area contributed by atoms with Crippen LogP contribution in [0.2, 0.25) is 0 Å². The van der Waals surface area contributed by atoms with Crippen molar-refractivity contribution in [2.75, 3.05) is 6.26 Å². The SMILES string of the molecule is Cc1cc(CC2CCCC(OS(C)(=O)=O)C2)on1. The van der Waals surface area contributed by atoms with Gasteiger partial charge in [-0.1, -0.05) is 11.6 Å².